The van der Waals surface area contributed by atoms with Gasteiger partial charge in [-0.05, 0) is 42.5 Å². The maximum Gasteiger partial charge on any atom is 0.399 e. The average molecular weight is 572 g/mol. The molecule has 5 nitrogen and oxygen atoms in total. The molecular weight excluding hydrogens is 542 g/mol. The van der Waals surface area contributed by atoms with Gasteiger partial charge in [0, 0.05) is 45.1 Å². The first-order valence-corrected chi connectivity index (χ1v) is 15.1. The highest BCUT2D eigenvalue weighted by molar-refractivity contribution is 7.81. The number of aryl methyl sites for hydroxylation is 1. The first-order valence-electron chi connectivity index (χ1n) is 13.4. The Hall–Kier alpha value is -3.42. The topological polar surface area (TPSA) is 57.5 Å². The van der Waals surface area contributed by atoms with Crippen LogP contribution < -0.4 is 0 Å². The van der Waals surface area contributed by atoms with Gasteiger partial charge in [0.2, 0.25) is 0 Å². The van der Waals surface area contributed by atoms with E-state index < -0.39 is 10.4 Å². The van der Waals surface area contributed by atoms with Crippen LogP contribution in [0.5, 0.6) is 0 Å². The maximum atomic E-state index is 11.9. The lowest BCUT2D eigenvalue weighted by Crippen LogP contribution is -2.20. The van der Waals surface area contributed by atoms with E-state index in [0.717, 1.165) is 50.9 Å². The summed E-state index contributed by atoms with van der Waals surface area (Å²) < 4.78 is 36.1. The molecule has 204 valence electrons. The fourth-order valence-electron chi connectivity index (χ4n) is 5.86. The van der Waals surface area contributed by atoms with Crippen molar-refractivity contribution in [3.63, 3.8) is 0 Å². The van der Waals surface area contributed by atoms with Crippen LogP contribution in [0.2, 0.25) is 5.02 Å². The van der Waals surface area contributed by atoms with E-state index in [0.29, 0.717) is 17.9 Å². The van der Waals surface area contributed by atoms with Crippen LogP contribution in [-0.4, -0.2) is 26.2 Å². The molecule has 1 aliphatic carbocycles. The molecule has 40 heavy (non-hydrogen) atoms. The molecule has 0 bridgehead atoms. The highest BCUT2D eigenvalue weighted by Crippen LogP contribution is 2.45. The summed E-state index contributed by atoms with van der Waals surface area (Å²) in [6.45, 7) is 0.171. The van der Waals surface area contributed by atoms with E-state index in [1.54, 1.807) is 0 Å². The summed E-state index contributed by atoms with van der Waals surface area (Å²) in [5.41, 5.74) is 7.22. The molecule has 0 radical (unpaired) electrons. The molecule has 4 aromatic rings. The molecule has 7 heteroatoms. The molecule has 0 amide bonds. The largest absolute Gasteiger partial charge is 0.399 e. The zero-order valence-corrected chi connectivity index (χ0v) is 23.8. The monoisotopic (exact) mass is 571 g/mol. The fraction of sp³-hybridized carbons (Fsp3) is 0.212. The lowest BCUT2D eigenvalue weighted by atomic mass is 9.75. The van der Waals surface area contributed by atoms with Crippen molar-refractivity contribution in [2.24, 2.45) is 12.5 Å². The smallest absolute Gasteiger partial charge is 0.343 e. The molecule has 0 unspecified atom stereocenters. The third kappa shape index (κ3) is 5.08. The van der Waals surface area contributed by atoms with Gasteiger partial charge in [0.1, 0.15) is 0 Å². The van der Waals surface area contributed by atoms with Crippen LogP contribution >= 0.6 is 11.6 Å². The Balaban J connectivity index is 1.57. The minimum atomic E-state index is -3.95. The van der Waals surface area contributed by atoms with Crippen LogP contribution in [0.1, 0.15) is 30.4 Å². The maximum absolute atomic E-state index is 11.9. The summed E-state index contributed by atoms with van der Waals surface area (Å²) in [4.78, 5) is 0. The Kier molecular flexibility index (Phi) is 7.27. The van der Waals surface area contributed by atoms with Crippen LogP contribution in [0.25, 0.3) is 27.7 Å². The number of nitrogens with zero attached hydrogens (tertiary/aromatic N) is 1. The third-order valence-corrected chi connectivity index (χ3v) is 9.08. The molecule has 6 rings (SSSR count). The van der Waals surface area contributed by atoms with Gasteiger partial charge in [-0.3, -0.25) is 0 Å². The average Bonchev–Trinajstić information content (AvgIpc) is 3.28. The van der Waals surface area contributed by atoms with E-state index in [2.05, 4.69) is 90.5 Å². The number of rotatable bonds is 3. The summed E-state index contributed by atoms with van der Waals surface area (Å²) in [7, 11) is -1.84. The summed E-state index contributed by atoms with van der Waals surface area (Å²) >= 11 is 6.89. The Morgan fingerprint density at radius 1 is 0.850 bits per heavy atom. The van der Waals surface area contributed by atoms with Gasteiger partial charge in [0.25, 0.3) is 0 Å². The standard InChI is InChI=1S/C33H30ClNO4S/c1-35-29-15-8-6-13-27(29)31(32(35)25-10-3-2-4-11-25)30(26-12-5-7-14-28(26)34)24-16-19-33(20-17-24)18-9-22-38-40(36,37)39-23-21-33/h2-8,10-17,19-20H,9,18,21-23H2,1H3. The normalized spacial score (nSPS) is 20.8. The third-order valence-electron chi connectivity index (χ3n) is 7.84. The summed E-state index contributed by atoms with van der Waals surface area (Å²) in [5, 5.41) is 1.82. The van der Waals surface area contributed by atoms with Crippen LogP contribution in [0, 0.1) is 5.41 Å². The molecule has 0 saturated carbocycles. The van der Waals surface area contributed by atoms with Crippen LogP contribution in [0.4, 0.5) is 0 Å². The van der Waals surface area contributed by atoms with Crippen molar-refractivity contribution in [3.8, 4) is 11.3 Å². The van der Waals surface area contributed by atoms with Gasteiger partial charge in [0.15, 0.2) is 0 Å². The van der Waals surface area contributed by atoms with Gasteiger partial charge >= 0.3 is 10.4 Å². The number of fused-ring (bicyclic) bond motifs is 1. The number of benzene rings is 3. The second kappa shape index (κ2) is 10.9. The fourth-order valence-corrected chi connectivity index (χ4v) is 6.76. The van der Waals surface area contributed by atoms with Crippen LogP contribution in [0.3, 0.4) is 0 Å². The van der Waals surface area contributed by atoms with E-state index in [1.807, 2.05) is 24.3 Å². The minimum absolute atomic E-state index is 0.0644. The second-order valence-corrected chi connectivity index (χ2v) is 12.0. The van der Waals surface area contributed by atoms with Gasteiger partial charge in [-0.1, -0.05) is 103 Å². The molecule has 0 atom stereocenters. The molecule has 1 aromatic heterocycles. The van der Waals surface area contributed by atoms with Crippen molar-refractivity contribution in [3.05, 3.63) is 125 Å². The number of allylic oxidation sites excluding steroid dienone is 5. The minimum Gasteiger partial charge on any atom is -0.343 e. The molecule has 2 aliphatic rings. The van der Waals surface area contributed by atoms with Gasteiger partial charge in [-0.15, -0.1) is 0 Å². The summed E-state index contributed by atoms with van der Waals surface area (Å²) in [6, 6.07) is 26.9. The first-order chi connectivity index (χ1) is 19.4. The van der Waals surface area contributed by atoms with Gasteiger partial charge in [-0.25, -0.2) is 8.37 Å². The number of hydrogen-bond acceptors (Lipinski definition) is 4. The number of halogens is 1. The zero-order chi connectivity index (χ0) is 27.7. The highest BCUT2D eigenvalue weighted by atomic mass is 35.5. The van der Waals surface area contributed by atoms with Crippen molar-refractivity contribution in [2.45, 2.75) is 19.3 Å². The van der Waals surface area contributed by atoms with Gasteiger partial charge in [0.05, 0.1) is 18.9 Å². The molecule has 1 aliphatic heterocycles. The SMILES string of the molecule is Cn1c(-c2ccccc2)c(C(=C2C=CC3(C=C2)CCCOS(=O)(=O)OCC3)c2ccccc2Cl)c2ccccc21. The van der Waals surface area contributed by atoms with E-state index in [4.69, 9.17) is 20.0 Å². The van der Waals surface area contributed by atoms with E-state index in [9.17, 15) is 8.42 Å². The molecule has 0 N–H and O–H groups in total. The van der Waals surface area contributed by atoms with E-state index in [1.165, 1.54) is 0 Å². The van der Waals surface area contributed by atoms with Gasteiger partial charge < -0.3 is 4.57 Å². The molecular formula is C33H30ClNO4S. The van der Waals surface area contributed by atoms with Crippen molar-refractivity contribution in [1.82, 2.24) is 4.57 Å². The molecule has 1 fully saturated rings. The quantitative estimate of drug-likeness (QED) is 0.251. The van der Waals surface area contributed by atoms with Gasteiger partial charge in [-0.2, -0.15) is 8.42 Å². The van der Waals surface area contributed by atoms with Crippen molar-refractivity contribution < 1.29 is 16.8 Å². The van der Waals surface area contributed by atoms with Crippen molar-refractivity contribution >= 4 is 38.5 Å². The number of para-hydroxylation sites is 1. The van der Waals surface area contributed by atoms with E-state index >= 15 is 0 Å². The predicted octanol–water partition coefficient (Wildman–Crippen LogP) is 7.87. The van der Waals surface area contributed by atoms with Crippen molar-refractivity contribution in [1.29, 1.82) is 0 Å². The zero-order valence-electron chi connectivity index (χ0n) is 22.2. The second-order valence-electron chi connectivity index (χ2n) is 10.3. The van der Waals surface area contributed by atoms with Crippen LogP contribution in [0.15, 0.2) is 109 Å². The summed E-state index contributed by atoms with van der Waals surface area (Å²) in [5.74, 6) is 0. The predicted molar refractivity (Wildman–Crippen MR) is 161 cm³/mol. The highest BCUT2D eigenvalue weighted by Gasteiger charge is 2.30. The number of aromatic nitrogens is 1. The number of hydrogen-bond donors (Lipinski definition) is 0. The molecule has 1 saturated heterocycles. The molecule has 2 heterocycles. The Morgan fingerprint density at radius 2 is 1.52 bits per heavy atom. The molecule has 3 aromatic carbocycles. The van der Waals surface area contributed by atoms with E-state index in [-0.39, 0.29) is 18.6 Å². The Morgan fingerprint density at radius 3 is 2.30 bits per heavy atom. The summed E-state index contributed by atoms with van der Waals surface area (Å²) in [6.07, 6.45) is 10.6. The lowest BCUT2D eigenvalue weighted by molar-refractivity contribution is 0.217. The molecule has 1 spiro atoms. The Labute approximate surface area is 240 Å². The van der Waals surface area contributed by atoms with Crippen molar-refractivity contribution in [2.75, 3.05) is 13.2 Å². The Bertz CT molecular complexity index is 1750. The first kappa shape index (κ1) is 26.8. The lowest BCUT2D eigenvalue weighted by Gasteiger charge is -2.29. The van der Waals surface area contributed by atoms with Crippen LogP contribution in [-0.2, 0) is 25.8 Å².